The third kappa shape index (κ3) is 7.20. The number of hydrogen-bond acceptors (Lipinski definition) is 5. The van der Waals surface area contributed by atoms with Crippen LogP contribution in [0.4, 0.5) is 5.69 Å². The summed E-state index contributed by atoms with van der Waals surface area (Å²) in [4.78, 5) is 16.2. The molecule has 0 unspecified atom stereocenters. The van der Waals surface area contributed by atoms with Crippen LogP contribution in [0, 0.1) is 0 Å². The maximum atomic E-state index is 11.5. The number of para-hydroxylation sites is 1. The van der Waals surface area contributed by atoms with Crippen molar-refractivity contribution in [2.24, 2.45) is 4.99 Å². The van der Waals surface area contributed by atoms with Gasteiger partial charge in [0.25, 0.3) is 0 Å². The van der Waals surface area contributed by atoms with Crippen LogP contribution in [0.3, 0.4) is 0 Å². The van der Waals surface area contributed by atoms with E-state index in [9.17, 15) is 4.79 Å². The highest BCUT2D eigenvalue weighted by Crippen LogP contribution is 2.26. The Bertz CT molecular complexity index is 513. The third-order valence-corrected chi connectivity index (χ3v) is 8.24. The summed E-state index contributed by atoms with van der Waals surface area (Å²) in [5.74, 6) is -0.238. The van der Waals surface area contributed by atoms with E-state index in [0.717, 1.165) is 21.0 Å². The largest absolute Gasteiger partial charge is 0.469 e. The predicted molar refractivity (Wildman–Crippen MR) is 98.6 cm³/mol. The van der Waals surface area contributed by atoms with Crippen LogP contribution in [0.5, 0.6) is 0 Å². The molecule has 1 aromatic carbocycles. The van der Waals surface area contributed by atoms with Gasteiger partial charge in [-0.3, -0.25) is 4.79 Å². The molecular weight excluding hydrogens is 318 g/mol. The lowest BCUT2D eigenvalue weighted by Gasteiger charge is -2.15. The minimum atomic E-state index is -1.10. The van der Waals surface area contributed by atoms with E-state index in [1.54, 1.807) is 11.8 Å². The second kappa shape index (κ2) is 8.65. The van der Waals surface area contributed by atoms with Crippen LogP contribution in [0.1, 0.15) is 5.56 Å². The SMILES string of the molecule is COC(=O)Cc1ccccc1N=C(SC)SC[Si](C)(C)C. The molecule has 0 spiro atoms. The Morgan fingerprint density at radius 1 is 1.29 bits per heavy atom. The van der Waals surface area contributed by atoms with Crippen molar-refractivity contribution in [1.82, 2.24) is 0 Å². The molecular formula is C15H23NO2S2Si. The van der Waals surface area contributed by atoms with Gasteiger partial charge >= 0.3 is 5.97 Å². The molecule has 6 heteroatoms. The molecule has 0 bridgehead atoms. The smallest absolute Gasteiger partial charge is 0.310 e. The summed E-state index contributed by atoms with van der Waals surface area (Å²) in [6.07, 6.45) is 2.30. The van der Waals surface area contributed by atoms with Crippen LogP contribution in [-0.4, -0.2) is 37.2 Å². The average Bonchev–Trinajstić information content (AvgIpc) is 2.44. The molecule has 0 atom stereocenters. The van der Waals surface area contributed by atoms with Gasteiger partial charge in [0.2, 0.25) is 0 Å². The topological polar surface area (TPSA) is 38.7 Å². The molecule has 0 aliphatic carbocycles. The van der Waals surface area contributed by atoms with Gasteiger partial charge in [-0.05, 0) is 23.3 Å². The number of esters is 1. The van der Waals surface area contributed by atoms with Crippen molar-refractivity contribution in [3.05, 3.63) is 29.8 Å². The first-order valence-corrected chi connectivity index (χ1v) is 12.7. The fourth-order valence-electron chi connectivity index (χ4n) is 1.51. The zero-order chi connectivity index (χ0) is 15.9. The Morgan fingerprint density at radius 3 is 2.52 bits per heavy atom. The minimum Gasteiger partial charge on any atom is -0.469 e. The van der Waals surface area contributed by atoms with E-state index in [-0.39, 0.29) is 12.4 Å². The Kier molecular flexibility index (Phi) is 7.55. The molecule has 116 valence electrons. The molecule has 0 fully saturated rings. The van der Waals surface area contributed by atoms with E-state index in [2.05, 4.69) is 19.6 Å². The maximum absolute atomic E-state index is 11.5. The number of nitrogens with zero attached hydrogens (tertiary/aromatic N) is 1. The highest BCUT2D eigenvalue weighted by Gasteiger charge is 2.15. The highest BCUT2D eigenvalue weighted by molar-refractivity contribution is 8.39. The van der Waals surface area contributed by atoms with Crippen LogP contribution in [0.15, 0.2) is 29.3 Å². The van der Waals surface area contributed by atoms with Crippen molar-refractivity contribution in [2.45, 2.75) is 26.1 Å². The standard InChI is InChI=1S/C15H23NO2S2Si/c1-18-14(17)10-12-8-6-7-9-13(12)16-15(19-2)20-11-21(3,4)5/h6-9H,10-11H2,1-5H3. The highest BCUT2D eigenvalue weighted by atomic mass is 32.2. The molecule has 0 amide bonds. The van der Waals surface area contributed by atoms with Crippen LogP contribution >= 0.6 is 23.5 Å². The van der Waals surface area contributed by atoms with E-state index < -0.39 is 8.07 Å². The molecule has 0 radical (unpaired) electrons. The van der Waals surface area contributed by atoms with Crippen LogP contribution in [0.25, 0.3) is 0 Å². The number of aliphatic imine (C=N–C) groups is 1. The van der Waals surface area contributed by atoms with Crippen LogP contribution < -0.4 is 0 Å². The zero-order valence-corrected chi connectivity index (χ0v) is 15.9. The van der Waals surface area contributed by atoms with E-state index in [0.29, 0.717) is 0 Å². The van der Waals surface area contributed by atoms with Gasteiger partial charge in [0, 0.05) is 0 Å². The molecule has 1 rings (SSSR count). The summed E-state index contributed by atoms with van der Waals surface area (Å²) in [7, 11) is 0.304. The Morgan fingerprint density at radius 2 is 1.95 bits per heavy atom. The van der Waals surface area contributed by atoms with Crippen molar-refractivity contribution in [3.63, 3.8) is 0 Å². The molecule has 0 saturated heterocycles. The Balaban J connectivity index is 2.92. The number of hydrogen-bond donors (Lipinski definition) is 0. The summed E-state index contributed by atoms with van der Waals surface area (Å²) in [5.41, 5.74) is 1.76. The van der Waals surface area contributed by atoms with Crippen molar-refractivity contribution in [2.75, 3.05) is 18.7 Å². The molecule has 0 aliphatic heterocycles. The second-order valence-corrected chi connectivity index (χ2v) is 13.8. The van der Waals surface area contributed by atoms with Gasteiger partial charge in [-0.2, -0.15) is 0 Å². The molecule has 0 heterocycles. The number of methoxy groups -OCH3 is 1. The summed E-state index contributed by atoms with van der Waals surface area (Å²) in [6.45, 7) is 7.05. The molecule has 0 saturated carbocycles. The Hall–Kier alpha value is -0.723. The number of carbonyl (C=O) groups excluding carboxylic acids is 1. The predicted octanol–water partition coefficient (Wildman–Crippen LogP) is 4.36. The second-order valence-electron chi connectivity index (χ2n) is 5.81. The van der Waals surface area contributed by atoms with Gasteiger partial charge in [0.15, 0.2) is 0 Å². The molecule has 3 nitrogen and oxygen atoms in total. The van der Waals surface area contributed by atoms with E-state index in [4.69, 9.17) is 9.73 Å². The van der Waals surface area contributed by atoms with Crippen LogP contribution in [0.2, 0.25) is 19.6 Å². The number of benzene rings is 1. The minimum absolute atomic E-state index is 0.238. The van der Waals surface area contributed by atoms with E-state index in [1.165, 1.54) is 7.11 Å². The lowest BCUT2D eigenvalue weighted by atomic mass is 10.1. The first-order valence-electron chi connectivity index (χ1n) is 6.76. The zero-order valence-electron chi connectivity index (χ0n) is 13.3. The van der Waals surface area contributed by atoms with Gasteiger partial charge in [-0.1, -0.05) is 37.8 Å². The number of carbonyl (C=O) groups is 1. The summed E-state index contributed by atoms with van der Waals surface area (Å²) >= 11 is 3.47. The quantitative estimate of drug-likeness (QED) is 0.345. The average molecular weight is 342 g/mol. The maximum Gasteiger partial charge on any atom is 0.310 e. The van der Waals surface area contributed by atoms with Crippen molar-refractivity contribution in [3.8, 4) is 0 Å². The molecule has 0 aliphatic rings. The third-order valence-electron chi connectivity index (χ3n) is 2.57. The van der Waals surface area contributed by atoms with Crippen LogP contribution in [-0.2, 0) is 16.0 Å². The first-order chi connectivity index (χ1) is 9.85. The molecule has 21 heavy (non-hydrogen) atoms. The number of thioether (sulfide) groups is 2. The lowest BCUT2D eigenvalue weighted by Crippen LogP contribution is -2.24. The van der Waals surface area contributed by atoms with Gasteiger partial charge in [-0.15, -0.1) is 23.5 Å². The van der Waals surface area contributed by atoms with Crippen molar-refractivity contribution < 1.29 is 9.53 Å². The molecule has 0 aromatic heterocycles. The number of ether oxygens (including phenoxy) is 1. The fourth-order valence-corrected chi connectivity index (χ4v) is 5.09. The molecule has 1 aromatic rings. The summed E-state index contributed by atoms with van der Waals surface area (Å²) < 4.78 is 5.79. The van der Waals surface area contributed by atoms with Crippen molar-refractivity contribution in [1.29, 1.82) is 0 Å². The molecule has 0 N–H and O–H groups in total. The fraction of sp³-hybridized carbons (Fsp3) is 0.467. The van der Waals surface area contributed by atoms with Gasteiger partial charge in [0.05, 0.1) is 27.3 Å². The first kappa shape index (κ1) is 18.3. The summed E-state index contributed by atoms with van der Waals surface area (Å²) in [5, 5.41) is 1.14. The summed E-state index contributed by atoms with van der Waals surface area (Å²) in [6, 6.07) is 7.74. The van der Waals surface area contributed by atoms with E-state index in [1.807, 2.05) is 42.3 Å². The normalized spacial score (nSPS) is 12.3. The van der Waals surface area contributed by atoms with Gasteiger partial charge in [-0.25, -0.2) is 4.99 Å². The van der Waals surface area contributed by atoms with Gasteiger partial charge < -0.3 is 4.74 Å². The number of rotatable bonds is 5. The lowest BCUT2D eigenvalue weighted by molar-refractivity contribution is -0.139. The Labute approximate surface area is 137 Å². The van der Waals surface area contributed by atoms with Crippen molar-refractivity contribution >= 4 is 47.6 Å². The monoisotopic (exact) mass is 341 g/mol. The van der Waals surface area contributed by atoms with Gasteiger partial charge in [0.1, 0.15) is 4.38 Å². The van der Waals surface area contributed by atoms with E-state index >= 15 is 0 Å².